The van der Waals surface area contributed by atoms with Crippen molar-refractivity contribution in [3.05, 3.63) is 59.5 Å². The van der Waals surface area contributed by atoms with Gasteiger partial charge >= 0.3 is 0 Å². The topological polar surface area (TPSA) is 98.5 Å². The van der Waals surface area contributed by atoms with Crippen LogP contribution in [0, 0.1) is 0 Å². The summed E-state index contributed by atoms with van der Waals surface area (Å²) in [5, 5.41) is 5.84. The zero-order valence-corrected chi connectivity index (χ0v) is 17.8. The number of nitrogens with one attached hydrogen (secondary N) is 1. The Balaban J connectivity index is 1.51. The lowest BCUT2D eigenvalue weighted by Gasteiger charge is -2.03. The van der Waals surface area contributed by atoms with E-state index < -0.39 is 9.84 Å². The van der Waals surface area contributed by atoms with Crippen LogP contribution in [0.4, 0.5) is 5.13 Å². The van der Waals surface area contributed by atoms with Crippen LogP contribution in [0.1, 0.15) is 17.3 Å². The zero-order valence-electron chi connectivity index (χ0n) is 16.2. The highest BCUT2D eigenvalue weighted by Crippen LogP contribution is 2.32. The smallest absolute Gasteiger partial charge is 0.257 e. The summed E-state index contributed by atoms with van der Waals surface area (Å²) in [5.74, 6) is 0.986. The van der Waals surface area contributed by atoms with Crippen LogP contribution >= 0.6 is 11.3 Å². The maximum Gasteiger partial charge on any atom is 0.257 e. The molecule has 0 aliphatic heterocycles. The largest absolute Gasteiger partial charge is 0.494 e. The Hall–Kier alpha value is -3.17. The molecule has 0 spiro atoms. The molecule has 0 bridgehead atoms. The first kappa shape index (κ1) is 20.1. The predicted molar refractivity (Wildman–Crippen MR) is 116 cm³/mol. The Bertz CT molecular complexity index is 1320. The number of furan rings is 1. The van der Waals surface area contributed by atoms with Crippen LogP contribution in [-0.4, -0.2) is 32.2 Å². The average Bonchev–Trinajstić information content (AvgIpc) is 3.34. The van der Waals surface area contributed by atoms with E-state index in [1.807, 2.05) is 31.2 Å². The third kappa shape index (κ3) is 4.22. The fraction of sp³-hybridized carbons (Fsp3) is 0.143. The molecule has 0 aliphatic rings. The van der Waals surface area contributed by atoms with E-state index in [1.165, 1.54) is 35.6 Å². The van der Waals surface area contributed by atoms with Gasteiger partial charge in [-0.25, -0.2) is 13.4 Å². The second kappa shape index (κ2) is 7.92. The van der Waals surface area contributed by atoms with Gasteiger partial charge in [0.15, 0.2) is 20.7 Å². The molecule has 0 unspecified atom stereocenters. The van der Waals surface area contributed by atoms with Gasteiger partial charge in [0.05, 0.1) is 11.5 Å². The molecule has 154 valence electrons. The van der Waals surface area contributed by atoms with Crippen molar-refractivity contribution in [3.63, 3.8) is 0 Å². The average molecular weight is 443 g/mol. The number of ether oxygens (including phenoxy) is 1. The molecule has 0 atom stereocenters. The quantitative estimate of drug-likeness (QED) is 0.468. The molecule has 7 nitrogen and oxygen atoms in total. The molecule has 30 heavy (non-hydrogen) atoms. The van der Waals surface area contributed by atoms with Gasteiger partial charge in [0, 0.05) is 22.6 Å². The number of anilines is 1. The van der Waals surface area contributed by atoms with E-state index in [4.69, 9.17) is 9.15 Å². The third-order valence-corrected chi connectivity index (χ3v) is 6.21. The Kier molecular flexibility index (Phi) is 5.31. The van der Waals surface area contributed by atoms with Crippen molar-refractivity contribution in [1.29, 1.82) is 0 Å². The lowest BCUT2D eigenvalue weighted by Crippen LogP contribution is -2.11. The lowest BCUT2D eigenvalue weighted by molar-refractivity contribution is 0.102. The fourth-order valence-corrected chi connectivity index (χ4v) is 4.20. The highest BCUT2D eigenvalue weighted by molar-refractivity contribution is 7.90. The summed E-state index contributed by atoms with van der Waals surface area (Å²) in [6.07, 6.45) is 1.12. The van der Waals surface area contributed by atoms with Crippen LogP contribution in [0.5, 0.6) is 5.75 Å². The van der Waals surface area contributed by atoms with Crippen LogP contribution in [0.25, 0.3) is 22.4 Å². The number of hydrogen-bond acceptors (Lipinski definition) is 7. The monoisotopic (exact) mass is 442 g/mol. The Morgan fingerprint density at radius 2 is 1.93 bits per heavy atom. The number of carbonyl (C=O) groups excluding carboxylic acids is 1. The van der Waals surface area contributed by atoms with Gasteiger partial charge in [0.25, 0.3) is 5.91 Å². The number of hydrogen-bond donors (Lipinski definition) is 1. The molecule has 2 aromatic heterocycles. The second-order valence-corrected chi connectivity index (χ2v) is 9.41. The van der Waals surface area contributed by atoms with E-state index in [0.717, 1.165) is 23.0 Å². The summed E-state index contributed by atoms with van der Waals surface area (Å²) in [7, 11) is -3.31. The molecule has 2 heterocycles. The normalized spacial score (nSPS) is 11.5. The lowest BCUT2D eigenvalue weighted by atomic mass is 10.2. The van der Waals surface area contributed by atoms with Crippen LogP contribution in [-0.2, 0) is 9.84 Å². The molecular weight excluding hydrogens is 424 g/mol. The summed E-state index contributed by atoms with van der Waals surface area (Å²) >= 11 is 1.27. The van der Waals surface area contributed by atoms with E-state index in [0.29, 0.717) is 28.8 Å². The van der Waals surface area contributed by atoms with Gasteiger partial charge < -0.3 is 9.15 Å². The maximum atomic E-state index is 12.4. The molecule has 0 fully saturated rings. The van der Waals surface area contributed by atoms with E-state index in [1.54, 1.807) is 5.38 Å². The van der Waals surface area contributed by atoms with Crippen LogP contribution in [0.15, 0.2) is 63.2 Å². The summed E-state index contributed by atoms with van der Waals surface area (Å²) in [4.78, 5) is 17.0. The number of rotatable bonds is 6. The molecule has 1 N–H and O–H groups in total. The maximum absolute atomic E-state index is 12.4. The minimum absolute atomic E-state index is 0.160. The summed E-state index contributed by atoms with van der Waals surface area (Å²) in [5.41, 5.74) is 1.67. The number of aromatic nitrogens is 1. The van der Waals surface area contributed by atoms with Crippen molar-refractivity contribution in [2.45, 2.75) is 11.8 Å². The van der Waals surface area contributed by atoms with Gasteiger partial charge in [-0.05, 0) is 55.5 Å². The Morgan fingerprint density at radius 3 is 2.63 bits per heavy atom. The van der Waals surface area contributed by atoms with Gasteiger partial charge in [-0.1, -0.05) is 0 Å². The van der Waals surface area contributed by atoms with Gasteiger partial charge in [-0.15, -0.1) is 11.3 Å². The minimum Gasteiger partial charge on any atom is -0.494 e. The summed E-state index contributed by atoms with van der Waals surface area (Å²) < 4.78 is 34.4. The first-order chi connectivity index (χ1) is 14.3. The van der Waals surface area contributed by atoms with Crippen LogP contribution in [0.2, 0.25) is 0 Å². The molecule has 0 radical (unpaired) electrons. The van der Waals surface area contributed by atoms with Gasteiger partial charge in [-0.2, -0.15) is 0 Å². The minimum atomic E-state index is -3.31. The van der Waals surface area contributed by atoms with Crippen molar-refractivity contribution >= 4 is 43.2 Å². The highest BCUT2D eigenvalue weighted by atomic mass is 32.2. The van der Waals surface area contributed by atoms with Crippen molar-refractivity contribution in [2.75, 3.05) is 18.2 Å². The molecular formula is C21H18N2O5S2. The molecule has 4 aromatic rings. The fourth-order valence-electron chi connectivity index (χ4n) is 2.87. The van der Waals surface area contributed by atoms with E-state index >= 15 is 0 Å². The molecule has 4 rings (SSSR count). The molecule has 0 saturated carbocycles. The van der Waals surface area contributed by atoms with E-state index in [-0.39, 0.29) is 10.8 Å². The third-order valence-electron chi connectivity index (χ3n) is 4.32. The molecule has 1 amide bonds. The molecule has 0 saturated heterocycles. The van der Waals surface area contributed by atoms with Crippen molar-refractivity contribution in [3.8, 4) is 17.2 Å². The molecule has 2 aromatic carbocycles. The number of thiazole rings is 1. The first-order valence-corrected chi connectivity index (χ1v) is 11.8. The van der Waals surface area contributed by atoms with Crippen molar-refractivity contribution in [2.24, 2.45) is 0 Å². The second-order valence-electron chi connectivity index (χ2n) is 6.53. The summed E-state index contributed by atoms with van der Waals surface area (Å²) in [6.45, 7) is 2.51. The van der Waals surface area contributed by atoms with E-state index in [2.05, 4.69) is 10.3 Å². The van der Waals surface area contributed by atoms with Crippen molar-refractivity contribution < 1.29 is 22.4 Å². The van der Waals surface area contributed by atoms with Crippen LogP contribution < -0.4 is 10.1 Å². The number of sulfone groups is 1. The number of carbonyl (C=O) groups is 1. The zero-order chi connectivity index (χ0) is 21.3. The summed E-state index contributed by atoms with van der Waals surface area (Å²) in [6, 6.07) is 13.2. The molecule has 0 aliphatic carbocycles. The number of amides is 1. The predicted octanol–water partition coefficient (Wildman–Crippen LogP) is 4.61. The van der Waals surface area contributed by atoms with E-state index in [9.17, 15) is 13.2 Å². The number of nitrogens with zero attached hydrogens (tertiary/aromatic N) is 1. The standard InChI is InChI=1S/C21H18N2O5S2/c1-3-27-15-6-9-18-14(10-15)11-19(28-18)17-12-29-21(22-17)23-20(24)13-4-7-16(8-5-13)30(2,25)26/h4-12H,3H2,1-2H3,(H,22,23,24). The first-order valence-electron chi connectivity index (χ1n) is 9.07. The van der Waals surface area contributed by atoms with Gasteiger partial charge in [-0.3, -0.25) is 10.1 Å². The number of fused-ring (bicyclic) bond motifs is 1. The van der Waals surface area contributed by atoms with Gasteiger partial charge in [0.2, 0.25) is 0 Å². The Labute approximate surface area is 177 Å². The van der Waals surface area contributed by atoms with Gasteiger partial charge in [0.1, 0.15) is 17.0 Å². The SMILES string of the molecule is CCOc1ccc2oc(-c3csc(NC(=O)c4ccc(S(C)(=O)=O)cc4)n3)cc2c1. The number of benzene rings is 2. The molecule has 9 heteroatoms. The van der Waals surface area contributed by atoms with Crippen molar-refractivity contribution in [1.82, 2.24) is 4.98 Å². The van der Waals surface area contributed by atoms with Crippen LogP contribution in [0.3, 0.4) is 0 Å². The Morgan fingerprint density at radius 1 is 1.17 bits per heavy atom. The highest BCUT2D eigenvalue weighted by Gasteiger charge is 2.14.